The Morgan fingerprint density at radius 2 is 2.00 bits per heavy atom. The Bertz CT molecular complexity index is 754. The number of rotatable bonds is 5. The topological polar surface area (TPSA) is 42.7 Å². The van der Waals surface area contributed by atoms with Crippen molar-refractivity contribution < 1.29 is 13.9 Å². The third-order valence-corrected chi connectivity index (χ3v) is 5.40. The number of amides is 1. The van der Waals surface area contributed by atoms with Gasteiger partial charge in [0.2, 0.25) is 5.91 Å². The van der Waals surface area contributed by atoms with Gasteiger partial charge in [-0.2, -0.15) is 0 Å². The van der Waals surface area contributed by atoms with Gasteiger partial charge in [-0.1, -0.05) is 0 Å². The van der Waals surface area contributed by atoms with Crippen LogP contribution < -0.4 is 0 Å². The molecular weight excluding hydrogens is 302 g/mol. The fraction of sp³-hybridized carbons (Fsp3) is 0.550. The zero-order valence-electron chi connectivity index (χ0n) is 14.5. The molecule has 1 aromatic carbocycles. The van der Waals surface area contributed by atoms with Crippen LogP contribution in [0, 0.1) is 19.8 Å². The van der Waals surface area contributed by atoms with Crippen molar-refractivity contribution in [3.8, 4) is 0 Å². The number of hydrogen-bond acceptors (Lipinski definition) is 3. The lowest BCUT2D eigenvalue weighted by molar-refractivity contribution is -0.131. The van der Waals surface area contributed by atoms with Gasteiger partial charge >= 0.3 is 0 Å². The minimum absolute atomic E-state index is 0.227. The summed E-state index contributed by atoms with van der Waals surface area (Å²) in [6.45, 7) is 6.66. The number of aryl methyl sites for hydroxylation is 2. The van der Waals surface area contributed by atoms with Gasteiger partial charge in [0, 0.05) is 36.1 Å². The van der Waals surface area contributed by atoms with E-state index in [1.54, 1.807) is 6.26 Å². The number of hydrogen-bond donors (Lipinski definition) is 0. The number of furan rings is 1. The van der Waals surface area contributed by atoms with Gasteiger partial charge in [0.1, 0.15) is 5.58 Å². The summed E-state index contributed by atoms with van der Waals surface area (Å²) < 4.78 is 11.2. The molecule has 0 N–H and O–H groups in total. The van der Waals surface area contributed by atoms with Crippen molar-refractivity contribution in [1.82, 2.24) is 4.90 Å². The molecule has 2 aromatic rings. The average Bonchev–Trinajstić information content (AvgIpc) is 3.14. The molecular formula is C20H25NO3. The largest absolute Gasteiger partial charge is 0.464 e. The van der Waals surface area contributed by atoms with E-state index in [0.29, 0.717) is 18.4 Å². The van der Waals surface area contributed by atoms with Gasteiger partial charge in [0.05, 0.1) is 19.3 Å². The van der Waals surface area contributed by atoms with E-state index in [-0.39, 0.29) is 5.91 Å². The van der Waals surface area contributed by atoms with E-state index in [1.165, 1.54) is 11.1 Å². The average molecular weight is 327 g/mol. The monoisotopic (exact) mass is 327 g/mol. The van der Waals surface area contributed by atoms with E-state index >= 15 is 0 Å². The van der Waals surface area contributed by atoms with Crippen molar-refractivity contribution in [3.05, 3.63) is 35.1 Å². The lowest BCUT2D eigenvalue weighted by Gasteiger charge is -2.25. The number of ether oxygens (including phenoxy) is 1. The van der Waals surface area contributed by atoms with Crippen molar-refractivity contribution in [2.75, 3.05) is 19.8 Å². The molecule has 2 fully saturated rings. The highest BCUT2D eigenvalue weighted by molar-refractivity contribution is 5.88. The van der Waals surface area contributed by atoms with Gasteiger partial charge in [-0.25, -0.2) is 0 Å². The van der Waals surface area contributed by atoms with Crippen molar-refractivity contribution in [3.63, 3.8) is 0 Å². The summed E-state index contributed by atoms with van der Waals surface area (Å²) in [7, 11) is 0. The SMILES string of the molecule is Cc1cc2occ(CC(=O)N(CC3CCOC3)C3CC3)c2cc1C. The normalized spacial score (nSPS) is 20.7. The first-order valence-corrected chi connectivity index (χ1v) is 8.96. The highest BCUT2D eigenvalue weighted by Gasteiger charge is 2.34. The second-order valence-electron chi connectivity index (χ2n) is 7.38. The molecule has 2 heterocycles. The first-order valence-electron chi connectivity index (χ1n) is 8.96. The highest BCUT2D eigenvalue weighted by atomic mass is 16.5. The summed E-state index contributed by atoms with van der Waals surface area (Å²) in [4.78, 5) is 15.0. The fourth-order valence-corrected chi connectivity index (χ4v) is 3.58. The van der Waals surface area contributed by atoms with Gasteiger partial charge in [0.15, 0.2) is 0 Å². The first kappa shape index (κ1) is 15.7. The van der Waals surface area contributed by atoms with Crippen LogP contribution >= 0.6 is 0 Å². The van der Waals surface area contributed by atoms with Gasteiger partial charge in [0.25, 0.3) is 0 Å². The standard InChI is InChI=1S/C20H25NO3/c1-13-7-18-16(12-24-19(18)8-14(13)2)9-20(22)21(17-3-4-17)10-15-5-6-23-11-15/h7-8,12,15,17H,3-6,9-11H2,1-2H3. The Balaban J connectivity index is 1.52. The van der Waals surface area contributed by atoms with Crippen LogP contribution in [0.15, 0.2) is 22.8 Å². The molecule has 4 nitrogen and oxygen atoms in total. The molecule has 0 radical (unpaired) electrons. The van der Waals surface area contributed by atoms with Crippen LogP contribution in [0.3, 0.4) is 0 Å². The molecule has 1 unspecified atom stereocenters. The molecule has 24 heavy (non-hydrogen) atoms. The number of fused-ring (bicyclic) bond motifs is 1. The van der Waals surface area contributed by atoms with E-state index in [2.05, 4.69) is 30.9 Å². The van der Waals surface area contributed by atoms with E-state index in [4.69, 9.17) is 9.15 Å². The maximum Gasteiger partial charge on any atom is 0.227 e. The predicted molar refractivity (Wildman–Crippen MR) is 93.1 cm³/mol. The van der Waals surface area contributed by atoms with Crippen LogP contribution in [0.2, 0.25) is 0 Å². The molecule has 0 bridgehead atoms. The molecule has 1 amide bonds. The number of nitrogens with zero attached hydrogens (tertiary/aromatic N) is 1. The Morgan fingerprint density at radius 1 is 1.21 bits per heavy atom. The maximum atomic E-state index is 12.9. The van der Waals surface area contributed by atoms with Crippen molar-refractivity contribution in [2.24, 2.45) is 5.92 Å². The Hall–Kier alpha value is -1.81. The van der Waals surface area contributed by atoms with Gasteiger partial charge in [-0.05, 0) is 56.4 Å². The minimum Gasteiger partial charge on any atom is -0.464 e. The molecule has 0 spiro atoms. The summed E-state index contributed by atoms with van der Waals surface area (Å²) in [6, 6.07) is 4.65. The van der Waals surface area contributed by atoms with E-state index in [0.717, 1.165) is 55.6 Å². The molecule has 1 aliphatic carbocycles. The molecule has 1 aliphatic heterocycles. The van der Waals surface area contributed by atoms with Crippen LogP contribution in [-0.2, 0) is 16.0 Å². The molecule has 1 saturated carbocycles. The summed E-state index contributed by atoms with van der Waals surface area (Å²) >= 11 is 0. The van der Waals surface area contributed by atoms with E-state index < -0.39 is 0 Å². The van der Waals surface area contributed by atoms with Crippen LogP contribution in [0.5, 0.6) is 0 Å². The molecule has 1 saturated heterocycles. The Morgan fingerprint density at radius 3 is 2.71 bits per heavy atom. The van der Waals surface area contributed by atoms with Crippen molar-refractivity contribution in [1.29, 1.82) is 0 Å². The number of benzene rings is 1. The third kappa shape index (κ3) is 3.07. The number of carbonyl (C=O) groups excluding carboxylic acids is 1. The maximum absolute atomic E-state index is 12.9. The zero-order valence-corrected chi connectivity index (χ0v) is 14.5. The predicted octanol–water partition coefficient (Wildman–Crippen LogP) is 3.62. The van der Waals surface area contributed by atoms with Crippen LogP contribution in [0.25, 0.3) is 11.0 Å². The minimum atomic E-state index is 0.227. The highest BCUT2D eigenvalue weighted by Crippen LogP contribution is 2.31. The van der Waals surface area contributed by atoms with Gasteiger partial charge in [-0.3, -0.25) is 4.79 Å². The van der Waals surface area contributed by atoms with Crippen molar-refractivity contribution in [2.45, 2.75) is 45.6 Å². The molecule has 2 aliphatic rings. The summed E-state index contributed by atoms with van der Waals surface area (Å²) in [5.41, 5.74) is 4.34. The summed E-state index contributed by atoms with van der Waals surface area (Å²) in [5.74, 6) is 0.728. The molecule has 4 rings (SSSR count). The van der Waals surface area contributed by atoms with Crippen LogP contribution in [0.4, 0.5) is 0 Å². The van der Waals surface area contributed by atoms with E-state index in [9.17, 15) is 4.79 Å². The van der Waals surface area contributed by atoms with Gasteiger partial charge in [-0.15, -0.1) is 0 Å². The van der Waals surface area contributed by atoms with E-state index in [1.807, 2.05) is 0 Å². The molecule has 1 atom stereocenters. The molecule has 1 aromatic heterocycles. The Kier molecular flexibility index (Phi) is 4.09. The lowest BCUT2D eigenvalue weighted by Crippen LogP contribution is -2.38. The smallest absolute Gasteiger partial charge is 0.227 e. The quantitative estimate of drug-likeness (QED) is 0.842. The second-order valence-corrected chi connectivity index (χ2v) is 7.38. The fourth-order valence-electron chi connectivity index (χ4n) is 3.58. The lowest BCUT2D eigenvalue weighted by atomic mass is 10.0. The second kappa shape index (κ2) is 6.25. The first-order chi connectivity index (χ1) is 11.6. The zero-order chi connectivity index (χ0) is 16.7. The van der Waals surface area contributed by atoms with Crippen LogP contribution in [-0.4, -0.2) is 36.6 Å². The summed E-state index contributed by atoms with van der Waals surface area (Å²) in [5, 5.41) is 1.08. The number of carbonyl (C=O) groups is 1. The molecule has 4 heteroatoms. The van der Waals surface area contributed by atoms with Gasteiger partial charge < -0.3 is 14.1 Å². The van der Waals surface area contributed by atoms with Crippen LogP contribution in [0.1, 0.15) is 36.0 Å². The third-order valence-electron chi connectivity index (χ3n) is 5.40. The molecule has 128 valence electrons. The summed E-state index contributed by atoms with van der Waals surface area (Å²) in [6.07, 6.45) is 5.54. The Labute approximate surface area is 142 Å². The van der Waals surface area contributed by atoms with Crippen molar-refractivity contribution >= 4 is 16.9 Å².